The van der Waals surface area contributed by atoms with E-state index in [-0.39, 0.29) is 0 Å². The Morgan fingerprint density at radius 1 is 1.05 bits per heavy atom. The third-order valence-corrected chi connectivity index (χ3v) is 9.22. The van der Waals surface area contributed by atoms with Gasteiger partial charge in [0.25, 0.3) is 0 Å². The molecule has 7 heteroatoms. The van der Waals surface area contributed by atoms with Gasteiger partial charge >= 0.3 is 5.97 Å². The first-order valence-electron chi connectivity index (χ1n) is 13.9. The summed E-state index contributed by atoms with van der Waals surface area (Å²) in [5.74, 6) is -0.0815. The first kappa shape index (κ1) is 26.7. The summed E-state index contributed by atoms with van der Waals surface area (Å²) in [6, 6.07) is 19.4. The molecule has 40 heavy (non-hydrogen) atoms. The van der Waals surface area contributed by atoms with Crippen molar-refractivity contribution in [3.8, 4) is 28.3 Å². The summed E-state index contributed by atoms with van der Waals surface area (Å²) in [5.41, 5.74) is 9.16. The summed E-state index contributed by atoms with van der Waals surface area (Å²) in [5, 5.41) is 11.3. The average molecular weight is 555 g/mol. The highest BCUT2D eigenvalue weighted by Gasteiger charge is 2.25. The molecule has 0 atom stereocenters. The number of rotatable bonds is 7. The number of fused-ring (bicyclic) bond motifs is 1. The van der Waals surface area contributed by atoms with Crippen LogP contribution in [0.3, 0.4) is 0 Å². The molecule has 0 unspecified atom stereocenters. The van der Waals surface area contributed by atoms with Crippen LogP contribution in [0.2, 0.25) is 0 Å². The van der Waals surface area contributed by atoms with E-state index in [1.54, 1.807) is 0 Å². The molecule has 4 aromatic rings. The number of aromatic nitrogens is 1. The molecule has 6 nitrogen and oxygen atoms in total. The second kappa shape index (κ2) is 11.5. The van der Waals surface area contributed by atoms with Crippen molar-refractivity contribution in [1.82, 2.24) is 9.88 Å². The molecule has 0 spiro atoms. The first-order valence-corrected chi connectivity index (χ1v) is 14.8. The number of aryl methyl sites for hydroxylation is 1. The number of carbonyl (C=O) groups is 1. The molecule has 2 aliphatic heterocycles. The SMILES string of the molecule is Cc1cccc(-c2cccc(-c3csc(C(=O)O)c3C)n2)c1OCc1ccc2c(c1)CCN(C1CCOCC1)C2. The Labute approximate surface area is 239 Å². The van der Waals surface area contributed by atoms with E-state index in [0.29, 0.717) is 17.5 Å². The fraction of sp³-hybridized carbons (Fsp3) is 0.333. The van der Waals surface area contributed by atoms with Crippen LogP contribution < -0.4 is 4.74 Å². The van der Waals surface area contributed by atoms with E-state index in [4.69, 9.17) is 14.5 Å². The van der Waals surface area contributed by atoms with Crippen molar-refractivity contribution in [3.63, 3.8) is 0 Å². The molecule has 0 aliphatic carbocycles. The summed E-state index contributed by atoms with van der Waals surface area (Å²) >= 11 is 1.24. The van der Waals surface area contributed by atoms with E-state index in [2.05, 4.69) is 36.1 Å². The van der Waals surface area contributed by atoms with Crippen molar-refractivity contribution in [2.45, 2.75) is 52.3 Å². The van der Waals surface area contributed by atoms with Crippen molar-refractivity contribution in [3.05, 3.63) is 92.7 Å². The number of benzene rings is 2. The van der Waals surface area contributed by atoms with Gasteiger partial charge in [0.15, 0.2) is 0 Å². The lowest BCUT2D eigenvalue weighted by molar-refractivity contribution is 0.0290. The molecular weight excluding hydrogens is 520 g/mol. The lowest BCUT2D eigenvalue weighted by atomic mass is 9.95. The van der Waals surface area contributed by atoms with Gasteiger partial charge in [0.2, 0.25) is 0 Å². The predicted octanol–water partition coefficient (Wildman–Crippen LogP) is 6.91. The van der Waals surface area contributed by atoms with Gasteiger partial charge in [0.05, 0.1) is 11.4 Å². The van der Waals surface area contributed by atoms with Crippen LogP contribution in [0.5, 0.6) is 5.75 Å². The van der Waals surface area contributed by atoms with E-state index in [1.165, 1.54) is 28.0 Å². The molecule has 206 valence electrons. The quantitative estimate of drug-likeness (QED) is 0.268. The monoisotopic (exact) mass is 554 g/mol. The molecule has 0 amide bonds. The zero-order chi connectivity index (χ0) is 27.6. The summed E-state index contributed by atoms with van der Waals surface area (Å²) in [4.78, 5) is 19.5. The molecule has 0 radical (unpaired) electrons. The fourth-order valence-corrected chi connectivity index (χ4v) is 6.82. The van der Waals surface area contributed by atoms with Crippen LogP contribution in [-0.2, 0) is 24.3 Å². The van der Waals surface area contributed by atoms with Crippen LogP contribution in [0, 0.1) is 13.8 Å². The Balaban J connectivity index is 1.21. The number of pyridine rings is 1. The number of nitrogens with zero attached hydrogens (tertiary/aromatic N) is 2. The van der Waals surface area contributed by atoms with Gasteiger partial charge in [-0.1, -0.05) is 36.4 Å². The van der Waals surface area contributed by atoms with Crippen LogP contribution in [0.15, 0.2) is 60.0 Å². The molecule has 1 N–H and O–H groups in total. The fourth-order valence-electron chi connectivity index (χ4n) is 5.90. The van der Waals surface area contributed by atoms with E-state index >= 15 is 0 Å². The first-order chi connectivity index (χ1) is 19.5. The van der Waals surface area contributed by atoms with Gasteiger partial charge in [-0.2, -0.15) is 0 Å². The van der Waals surface area contributed by atoms with Crippen LogP contribution in [0.25, 0.3) is 22.5 Å². The molecule has 1 fully saturated rings. The Morgan fingerprint density at radius 3 is 2.60 bits per heavy atom. The Hall–Kier alpha value is -3.52. The third-order valence-electron chi connectivity index (χ3n) is 8.15. The third kappa shape index (κ3) is 5.42. The topological polar surface area (TPSA) is 71.9 Å². The largest absolute Gasteiger partial charge is 0.488 e. The Bertz CT molecular complexity index is 1540. The second-order valence-electron chi connectivity index (χ2n) is 10.7. The minimum atomic E-state index is -0.905. The number of hydrogen-bond donors (Lipinski definition) is 1. The predicted molar refractivity (Wildman–Crippen MR) is 158 cm³/mol. The highest BCUT2D eigenvalue weighted by atomic mass is 32.1. The molecule has 1 saturated heterocycles. The summed E-state index contributed by atoms with van der Waals surface area (Å²) in [6.45, 7) is 8.26. The Kier molecular flexibility index (Phi) is 7.69. The lowest BCUT2D eigenvalue weighted by Gasteiger charge is -2.37. The summed E-state index contributed by atoms with van der Waals surface area (Å²) in [6.07, 6.45) is 3.33. The van der Waals surface area contributed by atoms with Crippen molar-refractivity contribution >= 4 is 17.3 Å². The molecular formula is C33H34N2O4S. The van der Waals surface area contributed by atoms with E-state index in [1.807, 2.05) is 42.6 Å². The Morgan fingerprint density at radius 2 is 1.82 bits per heavy atom. The van der Waals surface area contributed by atoms with E-state index in [0.717, 1.165) is 85.0 Å². The maximum atomic E-state index is 11.6. The summed E-state index contributed by atoms with van der Waals surface area (Å²) in [7, 11) is 0. The number of carboxylic acid groups (broad SMARTS) is 1. The number of ether oxygens (including phenoxy) is 2. The van der Waals surface area contributed by atoms with Gasteiger partial charge in [0, 0.05) is 48.9 Å². The minimum Gasteiger partial charge on any atom is -0.488 e. The standard InChI is InChI=1S/C33H34N2O4S/c1-21-5-3-6-27(29-7-4-8-30(34-29)28-20-40-32(22(28)2)33(36)37)31(21)39-19-23-9-10-25-18-35(14-11-24(25)17-23)26-12-15-38-16-13-26/h3-10,17,20,26H,11-16,18-19H2,1-2H3,(H,36,37). The van der Waals surface area contributed by atoms with Crippen LogP contribution in [0.4, 0.5) is 0 Å². The second-order valence-corrected chi connectivity index (χ2v) is 11.6. The number of aromatic carboxylic acids is 1. The van der Waals surface area contributed by atoms with Gasteiger partial charge in [-0.05, 0) is 79.1 Å². The highest BCUT2D eigenvalue weighted by molar-refractivity contribution is 7.12. The lowest BCUT2D eigenvalue weighted by Crippen LogP contribution is -2.42. The molecule has 4 heterocycles. The van der Waals surface area contributed by atoms with Gasteiger partial charge in [0.1, 0.15) is 17.2 Å². The normalized spacial score (nSPS) is 16.1. The number of thiophene rings is 1. The molecule has 0 saturated carbocycles. The van der Waals surface area contributed by atoms with Crippen molar-refractivity contribution in [2.24, 2.45) is 0 Å². The maximum absolute atomic E-state index is 11.6. The van der Waals surface area contributed by atoms with E-state index < -0.39 is 5.97 Å². The van der Waals surface area contributed by atoms with Crippen molar-refractivity contribution in [2.75, 3.05) is 19.8 Å². The number of para-hydroxylation sites is 1. The molecule has 2 aromatic heterocycles. The molecule has 2 aliphatic rings. The van der Waals surface area contributed by atoms with Gasteiger partial charge in [-0.15, -0.1) is 11.3 Å². The molecule has 0 bridgehead atoms. The molecule has 2 aromatic carbocycles. The van der Waals surface area contributed by atoms with Crippen molar-refractivity contribution in [1.29, 1.82) is 0 Å². The van der Waals surface area contributed by atoms with E-state index in [9.17, 15) is 9.90 Å². The number of carboxylic acids is 1. The average Bonchev–Trinajstić information content (AvgIpc) is 3.38. The molecule has 6 rings (SSSR count). The minimum absolute atomic E-state index is 0.350. The zero-order valence-electron chi connectivity index (χ0n) is 23.0. The van der Waals surface area contributed by atoms with Crippen LogP contribution >= 0.6 is 11.3 Å². The number of hydrogen-bond acceptors (Lipinski definition) is 6. The van der Waals surface area contributed by atoms with Gasteiger partial charge in [-0.25, -0.2) is 9.78 Å². The smallest absolute Gasteiger partial charge is 0.346 e. The van der Waals surface area contributed by atoms with Crippen LogP contribution in [0.1, 0.15) is 50.3 Å². The van der Waals surface area contributed by atoms with Gasteiger partial charge in [-0.3, -0.25) is 4.90 Å². The van der Waals surface area contributed by atoms with Crippen LogP contribution in [-0.4, -0.2) is 46.8 Å². The highest BCUT2D eigenvalue weighted by Crippen LogP contribution is 2.36. The van der Waals surface area contributed by atoms with Gasteiger partial charge < -0.3 is 14.6 Å². The zero-order valence-corrected chi connectivity index (χ0v) is 23.8. The summed E-state index contributed by atoms with van der Waals surface area (Å²) < 4.78 is 12.0. The van der Waals surface area contributed by atoms with Crippen molar-refractivity contribution < 1.29 is 19.4 Å². The maximum Gasteiger partial charge on any atom is 0.346 e.